The molecule has 0 bridgehead atoms. The molecule has 5 rings (SSSR count). The lowest BCUT2D eigenvalue weighted by Crippen LogP contribution is -2.24. The van der Waals surface area contributed by atoms with Crippen LogP contribution in [0.3, 0.4) is 0 Å². The second kappa shape index (κ2) is 6.13. The summed E-state index contributed by atoms with van der Waals surface area (Å²) in [5.74, 6) is -0.623. The third kappa shape index (κ3) is 2.70. The van der Waals surface area contributed by atoms with Gasteiger partial charge in [-0.1, -0.05) is 17.0 Å². The van der Waals surface area contributed by atoms with Gasteiger partial charge in [0.25, 0.3) is 0 Å². The Kier molecular flexibility index (Phi) is 3.72. The number of aromatic nitrogens is 6. The Balaban J connectivity index is 1.56. The van der Waals surface area contributed by atoms with E-state index in [1.165, 1.54) is 4.52 Å². The van der Waals surface area contributed by atoms with Gasteiger partial charge in [-0.15, -0.1) is 10.2 Å². The highest BCUT2D eigenvalue weighted by atomic mass is 127. The van der Waals surface area contributed by atoms with Crippen molar-refractivity contribution in [2.24, 2.45) is 0 Å². The van der Waals surface area contributed by atoms with E-state index in [0.717, 1.165) is 35.6 Å². The first-order chi connectivity index (χ1) is 13.1. The van der Waals surface area contributed by atoms with Crippen molar-refractivity contribution >= 4 is 51.3 Å². The van der Waals surface area contributed by atoms with Gasteiger partial charge in [0.1, 0.15) is 11.0 Å². The summed E-state index contributed by atoms with van der Waals surface area (Å²) in [7, 11) is 0. The molecule has 1 aromatic carbocycles. The lowest BCUT2D eigenvalue weighted by atomic mass is 10.1. The second-order valence-corrected chi connectivity index (χ2v) is 7.53. The molecule has 4 aromatic rings. The van der Waals surface area contributed by atoms with Gasteiger partial charge < -0.3 is 10.6 Å². The van der Waals surface area contributed by atoms with E-state index >= 15 is 0 Å². The maximum Gasteiger partial charge on any atom is 0.373 e. The van der Waals surface area contributed by atoms with Crippen molar-refractivity contribution in [1.82, 2.24) is 32.9 Å². The van der Waals surface area contributed by atoms with Crippen LogP contribution >= 0.6 is 22.9 Å². The highest BCUT2D eigenvalue weighted by Gasteiger charge is 2.25. The number of nitrogens with two attached hydrogens (primary N) is 1. The van der Waals surface area contributed by atoms with Crippen molar-refractivity contribution in [3.8, 4) is 0 Å². The standard InChI is InChI=1S/C16H13IN8O2/c17-23-6-5-10-9(7-23)8-24-15(19-10)13(14(18)21-24)16(26)27-25-12-4-2-1-3-11(12)20-22-25/h1-4,8H,5-7H2,(H2,18,21). The van der Waals surface area contributed by atoms with E-state index < -0.39 is 5.97 Å². The summed E-state index contributed by atoms with van der Waals surface area (Å²) in [4.78, 5) is 23.9. The van der Waals surface area contributed by atoms with Gasteiger partial charge in [-0.05, 0) is 17.3 Å². The third-order valence-corrected chi connectivity index (χ3v) is 5.25. The van der Waals surface area contributed by atoms with Crippen molar-refractivity contribution in [3.63, 3.8) is 0 Å². The zero-order valence-electron chi connectivity index (χ0n) is 13.9. The Hall–Kier alpha value is -2.80. The lowest BCUT2D eigenvalue weighted by Gasteiger charge is -2.22. The Morgan fingerprint density at radius 1 is 1.30 bits per heavy atom. The number of para-hydroxylation sites is 1. The van der Waals surface area contributed by atoms with Crippen LogP contribution in [0.4, 0.5) is 5.82 Å². The first-order valence-electron chi connectivity index (χ1n) is 8.20. The summed E-state index contributed by atoms with van der Waals surface area (Å²) < 4.78 is 3.70. The maximum absolute atomic E-state index is 12.8. The van der Waals surface area contributed by atoms with Crippen LogP contribution in [0.1, 0.15) is 21.6 Å². The quantitative estimate of drug-likeness (QED) is 0.259. The Labute approximate surface area is 166 Å². The van der Waals surface area contributed by atoms with E-state index in [-0.39, 0.29) is 11.4 Å². The lowest BCUT2D eigenvalue weighted by molar-refractivity contribution is 0.0412. The SMILES string of the molecule is Nc1nn2cc3c(nc2c1C(=O)On1nnc2ccccc21)CCN(I)C3. The van der Waals surface area contributed by atoms with E-state index in [0.29, 0.717) is 16.7 Å². The minimum absolute atomic E-state index is 0.0607. The van der Waals surface area contributed by atoms with Gasteiger partial charge in [-0.25, -0.2) is 17.4 Å². The Morgan fingerprint density at radius 3 is 3.04 bits per heavy atom. The molecule has 0 aliphatic carbocycles. The van der Waals surface area contributed by atoms with Crippen LogP contribution in [0, 0.1) is 0 Å². The van der Waals surface area contributed by atoms with E-state index in [9.17, 15) is 4.79 Å². The summed E-state index contributed by atoms with van der Waals surface area (Å²) in [6, 6.07) is 7.17. The normalized spacial score (nSPS) is 14.6. The Bertz CT molecular complexity index is 1200. The predicted molar refractivity (Wildman–Crippen MR) is 104 cm³/mol. The number of carbonyl (C=O) groups is 1. The highest BCUT2D eigenvalue weighted by Crippen LogP contribution is 2.24. The van der Waals surface area contributed by atoms with Crippen molar-refractivity contribution in [3.05, 3.63) is 47.3 Å². The number of carbonyl (C=O) groups excluding carboxylic acids is 1. The number of halogens is 1. The second-order valence-electron chi connectivity index (χ2n) is 6.17. The van der Waals surface area contributed by atoms with Crippen LogP contribution in [0.5, 0.6) is 0 Å². The van der Waals surface area contributed by atoms with Crippen molar-refractivity contribution in [1.29, 1.82) is 0 Å². The molecule has 0 amide bonds. The molecule has 10 nitrogen and oxygen atoms in total. The highest BCUT2D eigenvalue weighted by molar-refractivity contribution is 14.1. The van der Waals surface area contributed by atoms with Gasteiger partial charge in [0, 0.05) is 54.1 Å². The molecule has 0 radical (unpaired) electrons. The molecule has 2 N–H and O–H groups in total. The fourth-order valence-electron chi connectivity index (χ4n) is 3.14. The van der Waals surface area contributed by atoms with Crippen LogP contribution in [-0.2, 0) is 13.0 Å². The Morgan fingerprint density at radius 2 is 2.15 bits per heavy atom. The molecule has 0 fully saturated rings. The molecule has 136 valence electrons. The fraction of sp³-hybridized carbons (Fsp3) is 0.188. The molecule has 27 heavy (non-hydrogen) atoms. The zero-order valence-corrected chi connectivity index (χ0v) is 16.1. The van der Waals surface area contributed by atoms with Gasteiger partial charge in [-0.2, -0.15) is 0 Å². The molecule has 3 aromatic heterocycles. The summed E-state index contributed by atoms with van der Waals surface area (Å²) in [6.07, 6.45) is 2.66. The summed E-state index contributed by atoms with van der Waals surface area (Å²) in [5.41, 5.74) is 9.69. The molecule has 1 aliphatic heterocycles. The number of hydrogen-bond donors (Lipinski definition) is 1. The number of benzene rings is 1. The maximum atomic E-state index is 12.8. The molecule has 11 heteroatoms. The van der Waals surface area contributed by atoms with Crippen LogP contribution in [0.25, 0.3) is 16.7 Å². The molecule has 0 atom stereocenters. The van der Waals surface area contributed by atoms with Crippen LogP contribution < -0.4 is 10.6 Å². The van der Waals surface area contributed by atoms with Crippen LogP contribution in [0.2, 0.25) is 0 Å². The van der Waals surface area contributed by atoms with E-state index in [1.807, 2.05) is 18.3 Å². The van der Waals surface area contributed by atoms with Gasteiger partial charge in [0.2, 0.25) is 0 Å². The van der Waals surface area contributed by atoms with Crippen molar-refractivity contribution in [2.45, 2.75) is 13.0 Å². The van der Waals surface area contributed by atoms with E-state index in [2.05, 4.69) is 46.4 Å². The smallest absolute Gasteiger partial charge is 0.373 e. The minimum Gasteiger partial charge on any atom is -0.381 e. The van der Waals surface area contributed by atoms with Gasteiger partial charge in [0.05, 0.1) is 5.69 Å². The first kappa shape index (κ1) is 16.4. The third-order valence-electron chi connectivity index (χ3n) is 4.43. The molecule has 0 unspecified atom stereocenters. The van der Waals surface area contributed by atoms with Crippen LogP contribution in [-0.4, -0.2) is 45.4 Å². The van der Waals surface area contributed by atoms with Gasteiger partial charge in [-0.3, -0.25) is 0 Å². The number of hydrogen-bond acceptors (Lipinski definition) is 8. The summed E-state index contributed by atoms with van der Waals surface area (Å²) >= 11 is 2.28. The molecule has 1 aliphatic rings. The van der Waals surface area contributed by atoms with Crippen LogP contribution in [0.15, 0.2) is 30.5 Å². The minimum atomic E-state index is -0.683. The van der Waals surface area contributed by atoms with Gasteiger partial charge in [0.15, 0.2) is 17.0 Å². The number of nitrogens with zero attached hydrogens (tertiary/aromatic N) is 7. The number of rotatable bonds is 2. The van der Waals surface area contributed by atoms with Crippen molar-refractivity contribution in [2.75, 3.05) is 12.3 Å². The van der Waals surface area contributed by atoms with Crippen molar-refractivity contribution < 1.29 is 9.63 Å². The van der Waals surface area contributed by atoms with Gasteiger partial charge >= 0.3 is 5.97 Å². The van der Waals surface area contributed by atoms with E-state index in [4.69, 9.17) is 10.6 Å². The largest absolute Gasteiger partial charge is 0.381 e. The molecule has 4 heterocycles. The number of anilines is 1. The summed E-state index contributed by atoms with van der Waals surface area (Å²) in [5, 5.41) is 12.1. The fourth-order valence-corrected chi connectivity index (χ4v) is 3.74. The topological polar surface area (TPSA) is 116 Å². The molecule has 0 saturated heterocycles. The average Bonchev–Trinajstić information content (AvgIpc) is 3.19. The number of fused-ring (bicyclic) bond motifs is 3. The molecule has 0 spiro atoms. The first-order valence-corrected chi connectivity index (χ1v) is 9.17. The predicted octanol–water partition coefficient (Wildman–Crippen LogP) is 1.03. The molecule has 0 saturated carbocycles. The molecular formula is C16H13IN8O2. The van der Waals surface area contributed by atoms with E-state index in [1.54, 1.807) is 12.1 Å². The summed E-state index contributed by atoms with van der Waals surface area (Å²) in [6.45, 7) is 1.66. The molecular weight excluding hydrogens is 463 g/mol. The average molecular weight is 476 g/mol. The monoisotopic (exact) mass is 476 g/mol. The number of nitrogen functional groups attached to an aromatic ring is 1. The zero-order chi connectivity index (χ0) is 18.5.